The summed E-state index contributed by atoms with van der Waals surface area (Å²) in [6.07, 6.45) is 1.06. The van der Waals surface area contributed by atoms with Gasteiger partial charge in [0.25, 0.3) is 5.91 Å². The first-order valence-electron chi connectivity index (χ1n) is 7.49. The Hall–Kier alpha value is -3.43. The highest BCUT2D eigenvalue weighted by Crippen LogP contribution is 2.27. The van der Waals surface area contributed by atoms with E-state index < -0.39 is 24.9 Å². The van der Waals surface area contributed by atoms with Crippen LogP contribution < -0.4 is 14.8 Å². The summed E-state index contributed by atoms with van der Waals surface area (Å²) in [6, 6.07) is 10.0. The third-order valence-electron chi connectivity index (χ3n) is 3.43. The van der Waals surface area contributed by atoms with E-state index in [2.05, 4.69) is 25.0 Å². The van der Waals surface area contributed by atoms with E-state index in [1.54, 1.807) is 24.3 Å². The van der Waals surface area contributed by atoms with Gasteiger partial charge in [0, 0.05) is 17.2 Å². The van der Waals surface area contributed by atoms with Crippen molar-refractivity contribution in [3.05, 3.63) is 53.6 Å². The molecule has 1 heterocycles. The van der Waals surface area contributed by atoms with E-state index in [0.29, 0.717) is 11.3 Å². The summed E-state index contributed by atoms with van der Waals surface area (Å²) in [5, 5.41) is 10.1. The second kappa shape index (κ2) is 7.85. The topological polar surface area (TPSA) is 72.3 Å². The van der Waals surface area contributed by atoms with Gasteiger partial charge in [0.2, 0.25) is 0 Å². The van der Waals surface area contributed by atoms with Crippen LogP contribution >= 0.6 is 0 Å². The highest BCUT2D eigenvalue weighted by molar-refractivity contribution is 6.53. The third kappa shape index (κ3) is 4.40. The Morgan fingerprint density at radius 1 is 1.00 bits per heavy atom. The van der Waals surface area contributed by atoms with Gasteiger partial charge in [-0.3, -0.25) is 4.79 Å². The molecule has 2 aromatic rings. The molecule has 0 spiro atoms. The number of para-hydroxylation sites is 1. The molecule has 0 saturated carbocycles. The molecule has 0 unspecified atom stereocenters. The minimum Gasteiger partial charge on any atom is -0.435 e. The van der Waals surface area contributed by atoms with Crippen LogP contribution in [0.15, 0.2) is 52.7 Å². The molecule has 0 radical (unpaired) electrons. The van der Waals surface area contributed by atoms with Crippen LogP contribution in [-0.4, -0.2) is 31.1 Å². The van der Waals surface area contributed by atoms with Crippen LogP contribution in [0.25, 0.3) is 0 Å². The first-order chi connectivity index (χ1) is 12.9. The molecule has 0 aromatic heterocycles. The molecule has 140 valence electrons. The lowest BCUT2D eigenvalue weighted by Gasteiger charge is -2.10. The van der Waals surface area contributed by atoms with Crippen LogP contribution in [-0.2, 0) is 4.79 Å². The molecule has 3 rings (SSSR count). The van der Waals surface area contributed by atoms with Gasteiger partial charge in [-0.15, -0.1) is 5.10 Å². The molecule has 0 aliphatic carbocycles. The zero-order valence-electron chi connectivity index (χ0n) is 13.4. The van der Waals surface area contributed by atoms with Gasteiger partial charge in [-0.2, -0.15) is 22.7 Å². The van der Waals surface area contributed by atoms with Gasteiger partial charge in [-0.25, -0.2) is 0 Å². The van der Waals surface area contributed by atoms with Crippen molar-refractivity contribution in [3.8, 4) is 11.5 Å². The van der Waals surface area contributed by atoms with Crippen molar-refractivity contribution in [2.75, 3.05) is 5.32 Å². The highest BCUT2D eigenvalue weighted by Gasteiger charge is 2.25. The highest BCUT2D eigenvalue weighted by atomic mass is 19.3. The Kier molecular flexibility index (Phi) is 5.34. The average Bonchev–Trinajstić information content (AvgIpc) is 2.91. The van der Waals surface area contributed by atoms with Crippen molar-refractivity contribution in [2.24, 2.45) is 10.2 Å². The molecule has 10 heteroatoms. The number of nitrogens with zero attached hydrogens (tertiary/aromatic N) is 2. The van der Waals surface area contributed by atoms with Crippen LogP contribution in [0.1, 0.15) is 11.1 Å². The van der Waals surface area contributed by atoms with E-state index in [1.807, 2.05) is 0 Å². The van der Waals surface area contributed by atoms with Crippen molar-refractivity contribution >= 4 is 23.5 Å². The summed E-state index contributed by atoms with van der Waals surface area (Å²) >= 11 is 0. The van der Waals surface area contributed by atoms with Crippen LogP contribution in [0.2, 0.25) is 0 Å². The maximum Gasteiger partial charge on any atom is 0.387 e. The smallest absolute Gasteiger partial charge is 0.387 e. The van der Waals surface area contributed by atoms with Crippen molar-refractivity contribution in [2.45, 2.75) is 13.2 Å². The van der Waals surface area contributed by atoms with Crippen molar-refractivity contribution in [3.63, 3.8) is 0 Å². The van der Waals surface area contributed by atoms with Gasteiger partial charge < -0.3 is 14.8 Å². The molecule has 1 N–H and O–H groups in total. The first kappa shape index (κ1) is 18.4. The number of hydrogen-bond donors (Lipinski definition) is 1. The normalized spacial score (nSPS) is 14.9. The van der Waals surface area contributed by atoms with Crippen LogP contribution in [0.3, 0.4) is 0 Å². The van der Waals surface area contributed by atoms with Gasteiger partial charge >= 0.3 is 13.2 Å². The number of halogens is 4. The molecule has 6 nitrogen and oxygen atoms in total. The van der Waals surface area contributed by atoms with E-state index in [-0.39, 0.29) is 17.0 Å². The largest absolute Gasteiger partial charge is 0.435 e. The number of hydrogen-bond acceptors (Lipinski definition) is 5. The summed E-state index contributed by atoms with van der Waals surface area (Å²) in [4.78, 5) is 11.9. The Bertz CT molecular complexity index is 916. The summed E-state index contributed by atoms with van der Waals surface area (Å²) in [6.45, 7) is -6.30. The zero-order valence-corrected chi connectivity index (χ0v) is 13.4. The Balaban J connectivity index is 1.87. The number of carbonyl (C=O) groups is 1. The van der Waals surface area contributed by atoms with Crippen molar-refractivity contribution in [1.29, 1.82) is 0 Å². The second-order valence-electron chi connectivity index (χ2n) is 5.15. The zero-order chi connectivity index (χ0) is 19.4. The number of carbonyl (C=O) groups excluding carboxylic acids is 1. The molecule has 0 fully saturated rings. The fourth-order valence-electron chi connectivity index (χ4n) is 2.35. The van der Waals surface area contributed by atoms with E-state index in [0.717, 1.165) is 18.3 Å². The van der Waals surface area contributed by atoms with Gasteiger partial charge in [0.15, 0.2) is 5.71 Å². The Morgan fingerprint density at radius 2 is 1.74 bits per heavy atom. The molecule has 0 saturated heterocycles. The Morgan fingerprint density at radius 3 is 2.48 bits per heavy atom. The maximum atomic E-state index is 12.5. The molecule has 1 amide bonds. The number of amides is 1. The third-order valence-corrected chi connectivity index (χ3v) is 3.43. The number of benzene rings is 2. The number of fused-ring (bicyclic) bond motifs is 1. The Labute approximate surface area is 150 Å². The first-order valence-corrected chi connectivity index (χ1v) is 7.49. The molecule has 0 bridgehead atoms. The van der Waals surface area contributed by atoms with Gasteiger partial charge in [-0.05, 0) is 18.2 Å². The number of nitrogens with one attached hydrogen (secondary N) is 1. The summed E-state index contributed by atoms with van der Waals surface area (Å²) < 4.78 is 58.0. The van der Waals surface area contributed by atoms with Gasteiger partial charge in [0.05, 0.1) is 11.9 Å². The van der Waals surface area contributed by atoms with Gasteiger partial charge in [-0.1, -0.05) is 18.2 Å². The molecule has 0 atom stereocenters. The monoisotopic (exact) mass is 381 g/mol. The molecule has 1 aliphatic heterocycles. The van der Waals surface area contributed by atoms with Crippen molar-refractivity contribution in [1.82, 2.24) is 0 Å². The van der Waals surface area contributed by atoms with E-state index >= 15 is 0 Å². The maximum absolute atomic E-state index is 12.5. The second-order valence-corrected chi connectivity index (χ2v) is 5.15. The SMILES string of the molecule is O=C1Nc2ccccc2/C1=N/N=C\c1ccc(OC(F)F)cc1OC(F)F. The van der Waals surface area contributed by atoms with Crippen molar-refractivity contribution < 1.29 is 31.8 Å². The number of rotatable bonds is 6. The number of alkyl halides is 4. The van der Waals surface area contributed by atoms with Gasteiger partial charge in [0.1, 0.15) is 11.5 Å². The number of anilines is 1. The van der Waals surface area contributed by atoms with E-state index in [9.17, 15) is 22.4 Å². The molecular formula is C17H11F4N3O3. The molecule has 27 heavy (non-hydrogen) atoms. The number of ether oxygens (including phenoxy) is 2. The van der Waals surface area contributed by atoms with E-state index in [4.69, 9.17) is 0 Å². The summed E-state index contributed by atoms with van der Waals surface area (Å²) in [5.74, 6) is -1.24. The average molecular weight is 381 g/mol. The lowest BCUT2D eigenvalue weighted by Crippen LogP contribution is -2.13. The summed E-state index contributed by atoms with van der Waals surface area (Å²) in [5.41, 5.74) is 1.21. The minimum absolute atomic E-state index is 0.0351. The van der Waals surface area contributed by atoms with Crippen LogP contribution in [0.4, 0.5) is 23.2 Å². The quantitative estimate of drug-likeness (QED) is 0.472. The van der Waals surface area contributed by atoms with Crippen LogP contribution in [0, 0.1) is 0 Å². The lowest BCUT2D eigenvalue weighted by atomic mass is 10.1. The standard InChI is InChI=1S/C17H11F4N3O3/c18-16(19)26-10-6-5-9(13(7-10)27-17(20)21)8-22-24-14-11-3-1-2-4-12(11)23-15(14)25/h1-8,16-17H,(H,23,24,25)/b22-8-. The molecule has 1 aliphatic rings. The van der Waals surface area contributed by atoms with E-state index in [1.165, 1.54) is 6.07 Å². The fraction of sp³-hybridized carbons (Fsp3) is 0.118. The fourth-order valence-corrected chi connectivity index (χ4v) is 2.35. The minimum atomic E-state index is -3.18. The molecular weight excluding hydrogens is 370 g/mol. The lowest BCUT2D eigenvalue weighted by molar-refractivity contribution is -0.110. The van der Waals surface area contributed by atoms with Crippen LogP contribution in [0.5, 0.6) is 11.5 Å². The molecule has 2 aromatic carbocycles. The predicted molar refractivity (Wildman–Crippen MR) is 88.9 cm³/mol. The predicted octanol–water partition coefficient (Wildman–Crippen LogP) is 3.66. The summed E-state index contributed by atoms with van der Waals surface area (Å²) in [7, 11) is 0.